The van der Waals surface area contributed by atoms with Gasteiger partial charge in [-0.15, -0.1) is 0 Å². The number of carbonyl (C=O) groups excluding carboxylic acids is 2. The van der Waals surface area contributed by atoms with Crippen LogP contribution in [-0.4, -0.2) is 67.1 Å². The molecule has 3 amide bonds. The first-order chi connectivity index (χ1) is 23.8. The average molecular weight is 734 g/mol. The van der Waals surface area contributed by atoms with Crippen molar-refractivity contribution in [2.45, 2.75) is 103 Å². The molecule has 3 atom stereocenters. The molecule has 0 unspecified atom stereocenters. The second-order valence-electron chi connectivity index (χ2n) is 15.9. The summed E-state index contributed by atoms with van der Waals surface area (Å²) in [6, 6.07) is 17.3. The Morgan fingerprint density at radius 2 is 1.49 bits per heavy atom. The molecule has 0 spiro atoms. The van der Waals surface area contributed by atoms with E-state index in [9.17, 15) is 9.59 Å². The van der Waals surface area contributed by atoms with E-state index in [1.165, 1.54) is 4.90 Å². The quantitative estimate of drug-likeness (QED) is 0.153. The first-order valence-corrected chi connectivity index (χ1v) is 23.0. The topological polar surface area (TPSA) is 156 Å². The number of imidazole rings is 1. The van der Waals surface area contributed by atoms with Gasteiger partial charge in [-0.25, -0.2) is 19.5 Å². The lowest BCUT2D eigenvalue weighted by Crippen LogP contribution is -2.48. The first kappa shape index (κ1) is 38.1. The third-order valence-corrected chi connectivity index (χ3v) is 19.2. The van der Waals surface area contributed by atoms with Gasteiger partial charge in [0.2, 0.25) is 5.95 Å². The molecule has 5 rings (SSSR count). The van der Waals surface area contributed by atoms with Crippen LogP contribution >= 0.6 is 0 Å². The van der Waals surface area contributed by atoms with Crippen molar-refractivity contribution in [3.8, 4) is 5.88 Å². The van der Waals surface area contributed by atoms with E-state index in [4.69, 9.17) is 24.1 Å². The number of nitrogens with zero attached hydrogens (tertiary/aromatic N) is 5. The summed E-state index contributed by atoms with van der Waals surface area (Å²) in [7, 11) is -4.31. The third-order valence-electron chi connectivity index (χ3n) is 10.2. The van der Waals surface area contributed by atoms with Gasteiger partial charge >= 0.3 is 12.1 Å². The standard InChI is InChI=1S/C36H51N7O6Si2/c1-35(2,3)50(7,8)46-22-27-26(49-51(9,10)36(4,5)6)21-28(47-27)42-23-38-29-30(42)39-33(41-32(37)44)40-31(29)48-34(45)43(24-17-13-11-14-18-24)25-19-15-12-16-20-25/h11-20,23,26-28H,21-22H2,1-10H3,(H3,37,39,40,41,44)/t26-,27+,28+/m0/s1. The van der Waals surface area contributed by atoms with E-state index in [2.05, 4.69) is 88.0 Å². The molecule has 1 saturated heterocycles. The number of rotatable bonds is 10. The number of aromatic nitrogens is 4. The Bertz CT molecular complexity index is 1800. The highest BCUT2D eigenvalue weighted by atomic mass is 28.4. The maximum atomic E-state index is 13.9. The monoisotopic (exact) mass is 733 g/mol. The first-order valence-electron chi connectivity index (χ1n) is 17.2. The largest absolute Gasteiger partial charge is 0.425 e. The van der Waals surface area contributed by atoms with Crippen molar-refractivity contribution >= 4 is 57.2 Å². The fourth-order valence-electron chi connectivity index (χ4n) is 5.19. The van der Waals surface area contributed by atoms with E-state index in [-0.39, 0.29) is 45.3 Å². The van der Waals surface area contributed by atoms with E-state index in [0.29, 0.717) is 24.4 Å². The number of ether oxygens (including phenoxy) is 2. The number of anilines is 3. The fourth-order valence-corrected chi connectivity index (χ4v) is 7.56. The minimum absolute atomic E-state index is 0.0204. The number of hydrogen-bond acceptors (Lipinski definition) is 9. The molecule has 0 radical (unpaired) electrons. The molecule has 274 valence electrons. The lowest BCUT2D eigenvalue weighted by Gasteiger charge is -2.40. The average Bonchev–Trinajstić information content (AvgIpc) is 3.63. The van der Waals surface area contributed by atoms with Crippen molar-refractivity contribution in [2.24, 2.45) is 5.73 Å². The Morgan fingerprint density at radius 1 is 0.922 bits per heavy atom. The Hall–Kier alpha value is -4.16. The van der Waals surface area contributed by atoms with E-state index in [0.717, 1.165) is 0 Å². The lowest BCUT2D eigenvalue weighted by molar-refractivity contribution is -0.0383. The number of primary amides is 1. The summed E-state index contributed by atoms with van der Waals surface area (Å²) in [5, 5.41) is 2.42. The Labute approximate surface area is 302 Å². The van der Waals surface area contributed by atoms with Gasteiger partial charge in [-0.1, -0.05) is 77.9 Å². The summed E-state index contributed by atoms with van der Waals surface area (Å²) >= 11 is 0. The van der Waals surface area contributed by atoms with Crippen LogP contribution in [0.15, 0.2) is 67.0 Å². The van der Waals surface area contributed by atoms with Crippen LogP contribution in [0.25, 0.3) is 11.2 Å². The van der Waals surface area contributed by atoms with E-state index >= 15 is 0 Å². The molecule has 3 N–H and O–H groups in total. The second-order valence-corrected chi connectivity index (χ2v) is 25.5. The van der Waals surface area contributed by atoms with Crippen molar-refractivity contribution in [3.63, 3.8) is 0 Å². The van der Waals surface area contributed by atoms with Crippen molar-refractivity contribution in [1.29, 1.82) is 0 Å². The molecule has 3 heterocycles. The minimum Gasteiger partial charge on any atom is -0.414 e. The van der Waals surface area contributed by atoms with E-state index < -0.39 is 35.0 Å². The summed E-state index contributed by atoms with van der Waals surface area (Å²) in [4.78, 5) is 40.8. The molecule has 15 heteroatoms. The van der Waals surface area contributed by atoms with Crippen LogP contribution in [0.2, 0.25) is 36.3 Å². The summed E-state index contributed by atoms with van der Waals surface area (Å²) in [5.74, 6) is -0.315. The highest BCUT2D eigenvalue weighted by Crippen LogP contribution is 2.43. The number of para-hydroxylation sites is 2. The summed E-state index contributed by atoms with van der Waals surface area (Å²) in [6.45, 7) is 22.5. The van der Waals surface area contributed by atoms with Gasteiger partial charge in [-0.05, 0) is 60.5 Å². The van der Waals surface area contributed by atoms with Gasteiger partial charge in [0.05, 0.1) is 30.4 Å². The smallest absolute Gasteiger partial charge is 0.414 e. The van der Waals surface area contributed by atoms with Crippen molar-refractivity contribution < 1.29 is 27.9 Å². The third kappa shape index (κ3) is 8.50. The van der Waals surface area contributed by atoms with Gasteiger partial charge in [0.1, 0.15) is 12.3 Å². The zero-order valence-electron chi connectivity index (χ0n) is 31.3. The zero-order chi connectivity index (χ0) is 37.4. The maximum Gasteiger partial charge on any atom is 0.425 e. The van der Waals surface area contributed by atoms with Crippen molar-refractivity contribution in [3.05, 3.63) is 67.0 Å². The number of urea groups is 1. The van der Waals surface area contributed by atoms with Gasteiger partial charge in [0.25, 0.3) is 5.88 Å². The normalized spacial score (nSPS) is 18.5. The molecule has 0 bridgehead atoms. The van der Waals surface area contributed by atoms with Crippen molar-refractivity contribution in [2.75, 3.05) is 16.8 Å². The van der Waals surface area contributed by atoms with E-state index in [1.807, 2.05) is 36.4 Å². The number of hydrogen-bond donors (Lipinski definition) is 2. The molecule has 4 aromatic rings. The number of benzene rings is 2. The van der Waals surface area contributed by atoms with Crippen LogP contribution in [0.3, 0.4) is 0 Å². The molecule has 1 fully saturated rings. The Balaban J connectivity index is 1.51. The molecule has 1 aliphatic rings. The Morgan fingerprint density at radius 3 is 2.02 bits per heavy atom. The van der Waals surface area contributed by atoms with Crippen LogP contribution < -0.4 is 20.7 Å². The minimum atomic E-state index is -2.21. The predicted octanol–water partition coefficient (Wildman–Crippen LogP) is 8.35. The molecule has 51 heavy (non-hydrogen) atoms. The van der Waals surface area contributed by atoms with Gasteiger partial charge in [-0.3, -0.25) is 9.88 Å². The summed E-state index contributed by atoms with van der Waals surface area (Å²) in [6.07, 6.45) is 0.158. The molecule has 0 saturated carbocycles. The van der Waals surface area contributed by atoms with Crippen LogP contribution in [0.4, 0.5) is 26.9 Å². The van der Waals surface area contributed by atoms with E-state index in [1.54, 1.807) is 35.2 Å². The zero-order valence-corrected chi connectivity index (χ0v) is 33.3. The molecule has 1 aliphatic heterocycles. The van der Waals surface area contributed by atoms with Crippen LogP contribution in [-0.2, 0) is 13.6 Å². The number of nitrogens with two attached hydrogens (primary N) is 1. The highest BCUT2D eigenvalue weighted by Gasteiger charge is 2.47. The van der Waals surface area contributed by atoms with Gasteiger partial charge in [0, 0.05) is 6.42 Å². The molecular formula is C36H51N7O6Si2. The van der Waals surface area contributed by atoms with Crippen molar-refractivity contribution in [1.82, 2.24) is 19.5 Å². The van der Waals surface area contributed by atoms with Gasteiger partial charge in [-0.2, -0.15) is 9.97 Å². The fraction of sp³-hybridized carbons (Fsp3) is 0.472. The van der Waals surface area contributed by atoms with Crippen LogP contribution in [0, 0.1) is 0 Å². The predicted molar refractivity (Wildman–Crippen MR) is 203 cm³/mol. The molecule has 2 aromatic carbocycles. The second kappa shape index (κ2) is 14.5. The molecule has 2 aromatic heterocycles. The lowest BCUT2D eigenvalue weighted by atomic mass is 10.2. The SMILES string of the molecule is CC(C)(C)[Si](C)(C)OC[C@H]1O[C@@H](n2cnc3c(OC(=O)N(c4ccccc4)c4ccccc4)nc(NC(N)=O)nc32)C[C@@H]1O[Si](C)(C)C(C)(C)C. The maximum absolute atomic E-state index is 13.9. The van der Waals surface area contributed by atoms with Gasteiger partial charge in [0.15, 0.2) is 27.8 Å². The van der Waals surface area contributed by atoms with Crippen LogP contribution in [0.5, 0.6) is 5.88 Å². The number of nitrogens with one attached hydrogen (secondary N) is 1. The Kier molecular flexibility index (Phi) is 10.8. The van der Waals surface area contributed by atoms with Crippen LogP contribution in [0.1, 0.15) is 54.2 Å². The molecular weight excluding hydrogens is 683 g/mol. The van der Waals surface area contributed by atoms with Gasteiger partial charge < -0.3 is 24.1 Å². The highest BCUT2D eigenvalue weighted by molar-refractivity contribution is 6.74. The number of amides is 3. The molecule has 0 aliphatic carbocycles. The summed E-state index contributed by atoms with van der Waals surface area (Å²) in [5.41, 5.74) is 7.11. The molecule has 13 nitrogen and oxygen atoms in total. The number of fused-ring (bicyclic) bond motifs is 1. The number of carbonyl (C=O) groups is 2. The summed E-state index contributed by atoms with van der Waals surface area (Å²) < 4.78 is 28.0.